The highest BCUT2D eigenvalue weighted by atomic mass is 16.4. The van der Waals surface area contributed by atoms with Crippen LogP contribution in [0.5, 0.6) is 0 Å². The van der Waals surface area contributed by atoms with Crippen LogP contribution in [0.2, 0.25) is 0 Å². The van der Waals surface area contributed by atoms with Crippen LogP contribution in [0.4, 0.5) is 0 Å². The monoisotopic (exact) mass is 258 g/mol. The maximum absolute atomic E-state index is 11.0. The van der Waals surface area contributed by atoms with Gasteiger partial charge in [0.2, 0.25) is 0 Å². The highest BCUT2D eigenvalue weighted by Crippen LogP contribution is 2.24. The van der Waals surface area contributed by atoms with Crippen molar-refractivity contribution in [1.29, 1.82) is 0 Å². The van der Waals surface area contributed by atoms with Gasteiger partial charge in [0.25, 0.3) is 0 Å². The third-order valence-electron chi connectivity index (χ3n) is 3.53. The molecule has 2 N–H and O–H groups in total. The molecule has 0 amide bonds. The summed E-state index contributed by atoms with van der Waals surface area (Å²) in [5.41, 5.74) is -1.87. The van der Waals surface area contributed by atoms with Crippen LogP contribution in [0.15, 0.2) is 10.2 Å². The Morgan fingerprint density at radius 1 is 0.889 bits per heavy atom. The maximum Gasteiger partial charge on any atom is 0.311 e. The number of carboxylic acid groups (broad SMARTS) is 2. The third kappa shape index (κ3) is 4.09. The molecule has 18 heavy (non-hydrogen) atoms. The molecule has 0 bridgehead atoms. The van der Waals surface area contributed by atoms with E-state index in [-0.39, 0.29) is 13.1 Å². The molecule has 6 nitrogen and oxygen atoms in total. The number of azo groups is 1. The SMILES string of the molecule is CCC(C)(CN=NCC(C)(CC)C(=O)O)C(=O)O. The minimum absolute atomic E-state index is 0.0677. The average Bonchev–Trinajstić information content (AvgIpc) is 2.33. The van der Waals surface area contributed by atoms with Crippen LogP contribution in [0.3, 0.4) is 0 Å². The van der Waals surface area contributed by atoms with Crippen molar-refractivity contribution in [1.82, 2.24) is 0 Å². The van der Waals surface area contributed by atoms with Gasteiger partial charge in [0.1, 0.15) is 0 Å². The van der Waals surface area contributed by atoms with Gasteiger partial charge >= 0.3 is 11.9 Å². The molecule has 0 rings (SSSR count). The van der Waals surface area contributed by atoms with Crippen LogP contribution in [-0.4, -0.2) is 35.2 Å². The smallest absolute Gasteiger partial charge is 0.311 e. The van der Waals surface area contributed by atoms with Crippen molar-refractivity contribution in [2.75, 3.05) is 13.1 Å². The molecular formula is C12H22N2O4. The van der Waals surface area contributed by atoms with Gasteiger partial charge in [-0.3, -0.25) is 9.59 Å². The zero-order valence-electron chi connectivity index (χ0n) is 11.4. The molecule has 0 saturated heterocycles. The van der Waals surface area contributed by atoms with E-state index in [2.05, 4.69) is 10.2 Å². The van der Waals surface area contributed by atoms with Gasteiger partial charge < -0.3 is 10.2 Å². The number of nitrogens with zero attached hydrogens (tertiary/aromatic N) is 2. The fourth-order valence-corrected chi connectivity index (χ4v) is 1.07. The molecule has 104 valence electrons. The number of hydrogen-bond donors (Lipinski definition) is 2. The van der Waals surface area contributed by atoms with E-state index in [9.17, 15) is 9.59 Å². The predicted molar refractivity (Wildman–Crippen MR) is 66.7 cm³/mol. The van der Waals surface area contributed by atoms with Gasteiger partial charge in [-0.05, 0) is 26.7 Å². The molecule has 0 aliphatic heterocycles. The first-order chi connectivity index (χ1) is 8.22. The molecule has 0 aromatic rings. The van der Waals surface area contributed by atoms with E-state index in [1.54, 1.807) is 27.7 Å². The summed E-state index contributed by atoms with van der Waals surface area (Å²) in [5.74, 6) is -1.83. The largest absolute Gasteiger partial charge is 0.481 e. The lowest BCUT2D eigenvalue weighted by molar-refractivity contribution is -0.148. The van der Waals surface area contributed by atoms with E-state index >= 15 is 0 Å². The van der Waals surface area contributed by atoms with Gasteiger partial charge in [0.15, 0.2) is 0 Å². The van der Waals surface area contributed by atoms with Gasteiger partial charge in [-0.2, -0.15) is 10.2 Å². The van der Waals surface area contributed by atoms with E-state index in [0.717, 1.165) is 0 Å². The van der Waals surface area contributed by atoms with E-state index in [0.29, 0.717) is 12.8 Å². The van der Waals surface area contributed by atoms with Gasteiger partial charge in [-0.25, -0.2) is 0 Å². The zero-order valence-corrected chi connectivity index (χ0v) is 11.4. The van der Waals surface area contributed by atoms with E-state index in [1.165, 1.54) is 0 Å². The van der Waals surface area contributed by atoms with Crippen LogP contribution < -0.4 is 0 Å². The Labute approximate surface area is 107 Å². The Morgan fingerprint density at radius 2 is 1.17 bits per heavy atom. The molecule has 0 fully saturated rings. The lowest BCUT2D eigenvalue weighted by atomic mass is 9.87. The molecule has 0 radical (unpaired) electrons. The third-order valence-corrected chi connectivity index (χ3v) is 3.53. The van der Waals surface area contributed by atoms with E-state index in [4.69, 9.17) is 10.2 Å². The van der Waals surface area contributed by atoms with Gasteiger partial charge in [-0.15, -0.1) is 0 Å². The highest BCUT2D eigenvalue weighted by molar-refractivity contribution is 5.74. The molecule has 2 unspecified atom stereocenters. The number of carboxylic acids is 2. The number of carbonyl (C=O) groups is 2. The average molecular weight is 258 g/mol. The lowest BCUT2D eigenvalue weighted by Crippen LogP contribution is -2.31. The quantitative estimate of drug-likeness (QED) is 0.653. The lowest BCUT2D eigenvalue weighted by Gasteiger charge is -2.21. The van der Waals surface area contributed by atoms with E-state index < -0.39 is 22.8 Å². The Kier molecular flexibility index (Phi) is 5.94. The summed E-state index contributed by atoms with van der Waals surface area (Å²) in [6.07, 6.45) is 0.899. The molecule has 2 atom stereocenters. The zero-order chi connectivity index (χ0) is 14.4. The first-order valence-corrected chi connectivity index (χ1v) is 6.02. The second-order valence-corrected chi connectivity index (χ2v) is 5.04. The minimum Gasteiger partial charge on any atom is -0.481 e. The molecule has 0 spiro atoms. The summed E-state index contributed by atoms with van der Waals surface area (Å²) in [4.78, 5) is 22.0. The molecule has 0 saturated carbocycles. The molecule has 0 aromatic carbocycles. The van der Waals surface area contributed by atoms with Crippen LogP contribution in [0, 0.1) is 10.8 Å². The highest BCUT2D eigenvalue weighted by Gasteiger charge is 2.32. The minimum atomic E-state index is -0.935. The number of aliphatic carboxylic acids is 2. The van der Waals surface area contributed by atoms with Crippen molar-refractivity contribution in [2.45, 2.75) is 40.5 Å². The standard InChI is InChI=1S/C12H22N2O4/c1-5-11(3,9(15)16)7-13-14-8-12(4,6-2)10(17)18/h5-8H2,1-4H3,(H,15,16)(H,17,18). The fourth-order valence-electron chi connectivity index (χ4n) is 1.07. The number of hydrogen-bond acceptors (Lipinski definition) is 4. The molecule has 0 heterocycles. The first-order valence-electron chi connectivity index (χ1n) is 6.02. The second-order valence-electron chi connectivity index (χ2n) is 5.04. The van der Waals surface area contributed by atoms with Crippen molar-refractivity contribution < 1.29 is 19.8 Å². The molecule has 0 aliphatic carbocycles. The summed E-state index contributed by atoms with van der Waals surface area (Å²) in [6, 6.07) is 0. The fraction of sp³-hybridized carbons (Fsp3) is 0.833. The summed E-state index contributed by atoms with van der Waals surface area (Å²) in [7, 11) is 0. The van der Waals surface area contributed by atoms with Crippen LogP contribution in [-0.2, 0) is 9.59 Å². The Balaban J connectivity index is 4.52. The summed E-state index contributed by atoms with van der Waals surface area (Å²) >= 11 is 0. The Hall–Kier alpha value is -1.46. The molecule has 0 aliphatic rings. The van der Waals surface area contributed by atoms with Gasteiger partial charge in [0.05, 0.1) is 23.9 Å². The molecule has 0 aromatic heterocycles. The Morgan fingerprint density at radius 3 is 1.33 bits per heavy atom. The van der Waals surface area contributed by atoms with Gasteiger partial charge in [0, 0.05) is 0 Å². The first kappa shape index (κ1) is 16.5. The summed E-state index contributed by atoms with van der Waals surface area (Å²) in [6.45, 7) is 6.89. The van der Waals surface area contributed by atoms with E-state index in [1.807, 2.05) is 0 Å². The van der Waals surface area contributed by atoms with Crippen LogP contribution in [0.1, 0.15) is 40.5 Å². The van der Waals surface area contributed by atoms with Crippen LogP contribution >= 0.6 is 0 Å². The number of rotatable bonds is 8. The topological polar surface area (TPSA) is 99.3 Å². The predicted octanol–water partition coefficient (Wildman–Crippen LogP) is 2.44. The van der Waals surface area contributed by atoms with Crippen molar-refractivity contribution in [3.05, 3.63) is 0 Å². The molecule has 6 heteroatoms. The Bertz CT molecular complexity index is 311. The molecular weight excluding hydrogens is 236 g/mol. The summed E-state index contributed by atoms with van der Waals surface area (Å²) in [5, 5.41) is 25.7. The summed E-state index contributed by atoms with van der Waals surface area (Å²) < 4.78 is 0. The van der Waals surface area contributed by atoms with Crippen molar-refractivity contribution in [2.24, 2.45) is 21.1 Å². The van der Waals surface area contributed by atoms with Crippen molar-refractivity contribution in [3.63, 3.8) is 0 Å². The maximum atomic E-state index is 11.0. The van der Waals surface area contributed by atoms with Crippen molar-refractivity contribution in [3.8, 4) is 0 Å². The second kappa shape index (κ2) is 6.47. The van der Waals surface area contributed by atoms with Crippen LogP contribution in [0.25, 0.3) is 0 Å². The van der Waals surface area contributed by atoms with Crippen molar-refractivity contribution >= 4 is 11.9 Å². The van der Waals surface area contributed by atoms with Gasteiger partial charge in [-0.1, -0.05) is 13.8 Å². The normalized spacial score (nSPS) is 18.2.